The zero-order valence-corrected chi connectivity index (χ0v) is 8.13. The van der Waals surface area contributed by atoms with Gasteiger partial charge in [0.05, 0.1) is 18.4 Å². The molecule has 0 bridgehead atoms. The molecule has 0 aliphatic carbocycles. The summed E-state index contributed by atoms with van der Waals surface area (Å²) >= 11 is 0. The quantitative estimate of drug-likeness (QED) is 0.435. The number of carbonyl (C=O) groups is 1. The minimum absolute atomic E-state index is 0.458. The highest BCUT2D eigenvalue weighted by molar-refractivity contribution is 5.82. The van der Waals surface area contributed by atoms with Crippen molar-refractivity contribution in [3.63, 3.8) is 0 Å². The Morgan fingerprint density at radius 2 is 2.21 bits per heavy atom. The average molecular weight is 189 g/mol. The van der Waals surface area contributed by atoms with Gasteiger partial charge >= 0.3 is 0 Å². The molecule has 72 valence electrons. The molecule has 3 nitrogen and oxygen atoms in total. The van der Waals surface area contributed by atoms with Gasteiger partial charge in [0, 0.05) is 11.6 Å². The predicted octanol–water partition coefficient (Wildman–Crippen LogP) is 1.46. The molecule has 0 unspecified atom stereocenters. The first-order valence-corrected chi connectivity index (χ1v) is 4.08. The summed E-state index contributed by atoms with van der Waals surface area (Å²) in [5.74, 6) is 6.01. The number of carbonyl (C=O) groups excluding carboxylic acids is 1. The molecule has 1 aromatic carbocycles. The summed E-state index contributed by atoms with van der Waals surface area (Å²) < 4.78 is 4.99. The molecular weight excluding hydrogens is 178 g/mol. The summed E-state index contributed by atoms with van der Waals surface area (Å²) in [6.45, 7) is 1.71. The van der Waals surface area contributed by atoms with Gasteiger partial charge in [-0.1, -0.05) is 5.92 Å². The van der Waals surface area contributed by atoms with Gasteiger partial charge in [-0.2, -0.15) is 0 Å². The third kappa shape index (κ3) is 1.86. The van der Waals surface area contributed by atoms with E-state index in [1.807, 2.05) is 0 Å². The second-order valence-electron chi connectivity index (χ2n) is 2.67. The van der Waals surface area contributed by atoms with Crippen molar-refractivity contribution in [3.8, 4) is 17.6 Å². The number of anilines is 1. The van der Waals surface area contributed by atoms with E-state index in [4.69, 9.17) is 10.5 Å². The number of rotatable bonds is 2. The lowest BCUT2D eigenvalue weighted by Gasteiger charge is -2.06. The van der Waals surface area contributed by atoms with Crippen molar-refractivity contribution in [2.24, 2.45) is 0 Å². The van der Waals surface area contributed by atoms with Gasteiger partial charge in [0.25, 0.3) is 0 Å². The van der Waals surface area contributed by atoms with Crippen molar-refractivity contribution in [2.45, 2.75) is 6.92 Å². The number of hydrogen-bond acceptors (Lipinski definition) is 3. The third-order valence-corrected chi connectivity index (χ3v) is 1.79. The van der Waals surface area contributed by atoms with Crippen molar-refractivity contribution in [3.05, 3.63) is 23.3 Å². The Kier molecular flexibility index (Phi) is 3.14. The number of benzene rings is 1. The van der Waals surface area contributed by atoms with Gasteiger partial charge in [-0.3, -0.25) is 4.79 Å². The van der Waals surface area contributed by atoms with Crippen molar-refractivity contribution in [1.29, 1.82) is 0 Å². The molecule has 0 spiro atoms. The van der Waals surface area contributed by atoms with Crippen molar-refractivity contribution in [1.82, 2.24) is 0 Å². The monoisotopic (exact) mass is 189 g/mol. The minimum atomic E-state index is 0.458. The first-order chi connectivity index (χ1) is 6.72. The molecule has 0 saturated carbocycles. The van der Waals surface area contributed by atoms with Crippen molar-refractivity contribution in [2.75, 3.05) is 12.8 Å². The van der Waals surface area contributed by atoms with Crippen LogP contribution in [0, 0.1) is 11.8 Å². The molecule has 14 heavy (non-hydrogen) atoms. The maximum atomic E-state index is 10.7. The molecule has 0 saturated heterocycles. The van der Waals surface area contributed by atoms with Crippen molar-refractivity contribution < 1.29 is 9.53 Å². The predicted molar refractivity (Wildman–Crippen MR) is 55.3 cm³/mol. The number of aldehydes is 1. The molecular formula is C11H11NO2. The summed E-state index contributed by atoms with van der Waals surface area (Å²) in [6.07, 6.45) is 0.721. The van der Waals surface area contributed by atoms with Crippen LogP contribution in [0.4, 0.5) is 5.69 Å². The number of hydrogen-bond donors (Lipinski definition) is 1. The van der Waals surface area contributed by atoms with Gasteiger partial charge in [0.1, 0.15) is 5.75 Å². The maximum absolute atomic E-state index is 10.7. The van der Waals surface area contributed by atoms with Gasteiger partial charge < -0.3 is 10.5 Å². The zero-order valence-electron chi connectivity index (χ0n) is 8.13. The van der Waals surface area contributed by atoms with E-state index in [0.717, 1.165) is 6.29 Å². The summed E-state index contributed by atoms with van der Waals surface area (Å²) in [7, 11) is 1.49. The molecule has 0 atom stereocenters. The van der Waals surface area contributed by atoms with Crippen LogP contribution in [0.2, 0.25) is 0 Å². The molecule has 0 aliphatic rings. The molecule has 0 aromatic heterocycles. The summed E-state index contributed by atoms with van der Waals surface area (Å²) in [4.78, 5) is 10.7. The van der Waals surface area contributed by atoms with E-state index in [9.17, 15) is 4.79 Å². The van der Waals surface area contributed by atoms with Gasteiger partial charge in [0.15, 0.2) is 6.29 Å². The lowest BCUT2D eigenvalue weighted by atomic mass is 10.1. The number of nitrogen functional groups attached to an aromatic ring is 1. The van der Waals surface area contributed by atoms with E-state index in [1.54, 1.807) is 19.1 Å². The second kappa shape index (κ2) is 4.33. The van der Waals surface area contributed by atoms with Crippen LogP contribution in [0.3, 0.4) is 0 Å². The van der Waals surface area contributed by atoms with Crippen molar-refractivity contribution >= 4 is 12.0 Å². The number of nitrogens with two attached hydrogens (primary N) is 1. The van der Waals surface area contributed by atoms with Gasteiger partial charge in [0.2, 0.25) is 0 Å². The van der Waals surface area contributed by atoms with E-state index in [2.05, 4.69) is 11.8 Å². The largest absolute Gasteiger partial charge is 0.496 e. The lowest BCUT2D eigenvalue weighted by molar-refractivity contribution is 0.112. The second-order valence-corrected chi connectivity index (χ2v) is 2.67. The Hall–Kier alpha value is -1.95. The van der Waals surface area contributed by atoms with Crippen LogP contribution < -0.4 is 10.5 Å². The normalized spacial score (nSPS) is 8.71. The first kappa shape index (κ1) is 10.1. The molecule has 0 aliphatic heterocycles. The standard InChI is InChI=1S/C11H11NO2/c1-3-4-8-5-9(7-13)11(14-2)6-10(8)12/h5-7H,12H2,1-2H3. The average Bonchev–Trinajstić information content (AvgIpc) is 2.20. The Morgan fingerprint density at radius 1 is 1.50 bits per heavy atom. The Labute approximate surface area is 82.9 Å². The Morgan fingerprint density at radius 3 is 2.71 bits per heavy atom. The Balaban J connectivity index is 3.34. The Bertz CT molecular complexity index is 413. The molecule has 0 fully saturated rings. The molecule has 3 heteroatoms. The van der Waals surface area contributed by atoms with E-state index in [-0.39, 0.29) is 0 Å². The van der Waals surface area contributed by atoms with E-state index in [0.29, 0.717) is 22.6 Å². The highest BCUT2D eigenvalue weighted by atomic mass is 16.5. The topological polar surface area (TPSA) is 52.3 Å². The molecule has 0 radical (unpaired) electrons. The SMILES string of the molecule is CC#Cc1cc(C=O)c(OC)cc1N. The van der Waals surface area contributed by atoms with E-state index < -0.39 is 0 Å². The van der Waals surface area contributed by atoms with Crippen LogP contribution in [0.25, 0.3) is 0 Å². The number of ether oxygens (including phenoxy) is 1. The molecule has 0 amide bonds. The number of methoxy groups -OCH3 is 1. The van der Waals surface area contributed by atoms with E-state index >= 15 is 0 Å². The van der Waals surface area contributed by atoms with Gasteiger partial charge in [-0.15, -0.1) is 5.92 Å². The molecule has 0 heterocycles. The zero-order chi connectivity index (χ0) is 10.6. The minimum Gasteiger partial charge on any atom is -0.496 e. The first-order valence-electron chi connectivity index (χ1n) is 4.08. The van der Waals surface area contributed by atoms with E-state index in [1.165, 1.54) is 7.11 Å². The van der Waals surface area contributed by atoms with Gasteiger partial charge in [-0.25, -0.2) is 0 Å². The summed E-state index contributed by atoms with van der Waals surface area (Å²) in [5, 5.41) is 0. The summed E-state index contributed by atoms with van der Waals surface area (Å²) in [5.41, 5.74) is 7.33. The fraction of sp³-hybridized carbons (Fsp3) is 0.182. The van der Waals surface area contributed by atoms with Gasteiger partial charge in [-0.05, 0) is 13.0 Å². The van der Waals surface area contributed by atoms with Crippen LogP contribution in [0.15, 0.2) is 12.1 Å². The molecule has 1 aromatic rings. The lowest BCUT2D eigenvalue weighted by Crippen LogP contribution is -1.96. The van der Waals surface area contributed by atoms with Crippen LogP contribution in [0.1, 0.15) is 22.8 Å². The smallest absolute Gasteiger partial charge is 0.153 e. The maximum Gasteiger partial charge on any atom is 0.153 e. The fourth-order valence-electron chi connectivity index (χ4n) is 1.12. The summed E-state index contributed by atoms with van der Waals surface area (Å²) in [6, 6.07) is 3.22. The van der Waals surface area contributed by atoms with Crippen LogP contribution in [-0.2, 0) is 0 Å². The molecule has 2 N–H and O–H groups in total. The van der Waals surface area contributed by atoms with Crippen LogP contribution in [0.5, 0.6) is 5.75 Å². The van der Waals surface area contributed by atoms with Crippen LogP contribution in [-0.4, -0.2) is 13.4 Å². The molecule has 1 rings (SSSR count). The highest BCUT2D eigenvalue weighted by Gasteiger charge is 2.05. The van der Waals surface area contributed by atoms with Crippen LogP contribution >= 0.6 is 0 Å². The fourth-order valence-corrected chi connectivity index (χ4v) is 1.12. The third-order valence-electron chi connectivity index (χ3n) is 1.79. The highest BCUT2D eigenvalue weighted by Crippen LogP contribution is 2.23.